The summed E-state index contributed by atoms with van der Waals surface area (Å²) >= 11 is 0. The summed E-state index contributed by atoms with van der Waals surface area (Å²) in [5.41, 5.74) is 0. The molecule has 0 aromatic rings. The lowest BCUT2D eigenvalue weighted by atomic mass is 10.0. The quantitative estimate of drug-likeness (QED) is 0.621. The second kappa shape index (κ2) is 9.21. The van der Waals surface area contributed by atoms with E-state index in [4.69, 9.17) is 0 Å². The zero-order valence-corrected chi connectivity index (χ0v) is 11.6. The molecule has 2 aliphatic heterocycles. The van der Waals surface area contributed by atoms with Crippen LogP contribution in [0.15, 0.2) is 0 Å². The molecule has 2 bridgehead atoms. The van der Waals surface area contributed by atoms with Crippen LogP contribution in [0.1, 0.15) is 72.6 Å². The number of unbranched alkanes of at least 4 members (excludes halogenated alkanes) is 1. The van der Waals surface area contributed by atoms with E-state index >= 15 is 0 Å². The average molecular weight is 213 g/mol. The van der Waals surface area contributed by atoms with Gasteiger partial charge in [0.15, 0.2) is 0 Å². The second-order valence-electron chi connectivity index (χ2n) is 4.48. The summed E-state index contributed by atoms with van der Waals surface area (Å²) in [6.45, 7) is 8.36. The molecule has 92 valence electrons. The Morgan fingerprint density at radius 2 is 1.27 bits per heavy atom. The van der Waals surface area contributed by atoms with Crippen molar-refractivity contribution in [1.82, 2.24) is 4.90 Å². The van der Waals surface area contributed by atoms with Crippen molar-refractivity contribution in [2.24, 2.45) is 0 Å². The van der Waals surface area contributed by atoms with Crippen LogP contribution in [0.2, 0.25) is 0 Å². The molecular formula is C14H31N. The summed E-state index contributed by atoms with van der Waals surface area (Å²) in [6.07, 6.45) is 10.0. The second-order valence-corrected chi connectivity index (χ2v) is 4.48. The van der Waals surface area contributed by atoms with Gasteiger partial charge < -0.3 is 4.90 Å². The Hall–Kier alpha value is -0.0400. The Bertz CT molecular complexity index is 115. The first-order chi connectivity index (χ1) is 7.29. The first kappa shape index (κ1) is 15.0. The van der Waals surface area contributed by atoms with Crippen LogP contribution in [0, 0.1) is 0 Å². The number of piperidine rings is 1. The maximum Gasteiger partial charge on any atom is 0.00957 e. The smallest absolute Gasteiger partial charge is 0.00957 e. The Labute approximate surface area is 97.2 Å². The van der Waals surface area contributed by atoms with E-state index in [9.17, 15) is 0 Å². The van der Waals surface area contributed by atoms with Crippen LogP contribution >= 0.6 is 0 Å². The number of hydrogen-bond acceptors (Lipinski definition) is 1. The van der Waals surface area contributed by atoms with Crippen molar-refractivity contribution in [1.29, 1.82) is 0 Å². The van der Waals surface area contributed by atoms with E-state index in [1.165, 1.54) is 44.9 Å². The van der Waals surface area contributed by atoms with Gasteiger partial charge in [-0.2, -0.15) is 0 Å². The molecule has 2 aliphatic rings. The first-order valence-electron chi connectivity index (χ1n) is 7.01. The lowest BCUT2D eigenvalue weighted by Gasteiger charge is -2.30. The molecule has 0 aliphatic carbocycles. The molecule has 2 saturated heterocycles. The summed E-state index contributed by atoms with van der Waals surface area (Å²) < 4.78 is 0. The van der Waals surface area contributed by atoms with E-state index in [1.54, 1.807) is 0 Å². The van der Waals surface area contributed by atoms with Crippen LogP contribution in [-0.4, -0.2) is 24.0 Å². The van der Waals surface area contributed by atoms with Gasteiger partial charge in [-0.15, -0.1) is 0 Å². The van der Waals surface area contributed by atoms with Crippen molar-refractivity contribution >= 4 is 0 Å². The van der Waals surface area contributed by atoms with Gasteiger partial charge in [-0.25, -0.2) is 0 Å². The highest BCUT2D eigenvalue weighted by atomic mass is 15.2. The molecule has 2 rings (SSSR count). The minimum atomic E-state index is 0.962. The predicted molar refractivity (Wildman–Crippen MR) is 70.4 cm³/mol. The molecule has 2 heterocycles. The summed E-state index contributed by atoms with van der Waals surface area (Å²) in [6, 6.07) is 1.92. The van der Waals surface area contributed by atoms with Crippen LogP contribution < -0.4 is 0 Å². The standard InChI is InChI=1S/C8H15N.C4H10.C2H6/c1-9-7-3-2-4-8(9)6-5-7;1-3-4-2;1-2/h7-8H,2-6H2,1H3;3-4H2,1-2H3;1-2H3. The van der Waals surface area contributed by atoms with E-state index in [0.29, 0.717) is 0 Å². The molecule has 0 saturated carbocycles. The number of fused-ring (bicyclic) bond motifs is 2. The molecule has 2 unspecified atom stereocenters. The summed E-state index contributed by atoms with van der Waals surface area (Å²) in [7, 11) is 2.29. The number of rotatable bonds is 1. The normalized spacial score (nSPS) is 28.6. The van der Waals surface area contributed by atoms with Crippen molar-refractivity contribution < 1.29 is 0 Å². The maximum atomic E-state index is 2.59. The topological polar surface area (TPSA) is 3.24 Å². The van der Waals surface area contributed by atoms with Gasteiger partial charge in [-0.1, -0.05) is 47.0 Å². The van der Waals surface area contributed by atoms with E-state index in [1.807, 2.05) is 13.8 Å². The third-order valence-corrected chi connectivity index (χ3v) is 3.56. The fraction of sp³-hybridized carbons (Fsp3) is 1.00. The van der Waals surface area contributed by atoms with Crippen LogP contribution in [0.3, 0.4) is 0 Å². The summed E-state index contributed by atoms with van der Waals surface area (Å²) in [5.74, 6) is 0. The molecule has 1 heteroatoms. The Balaban J connectivity index is 0.000000282. The first-order valence-corrected chi connectivity index (χ1v) is 7.01. The highest BCUT2D eigenvalue weighted by Crippen LogP contribution is 2.33. The Morgan fingerprint density at radius 3 is 1.53 bits per heavy atom. The molecule has 0 N–H and O–H groups in total. The third kappa shape index (κ3) is 5.01. The molecule has 2 atom stereocenters. The molecule has 0 spiro atoms. The van der Waals surface area contributed by atoms with Crippen molar-refractivity contribution in [2.45, 2.75) is 84.7 Å². The third-order valence-electron chi connectivity index (χ3n) is 3.56. The van der Waals surface area contributed by atoms with Crippen LogP contribution in [0.4, 0.5) is 0 Å². The minimum Gasteiger partial charge on any atom is -0.300 e. The van der Waals surface area contributed by atoms with E-state index in [-0.39, 0.29) is 0 Å². The Morgan fingerprint density at radius 1 is 0.867 bits per heavy atom. The van der Waals surface area contributed by atoms with Crippen molar-refractivity contribution in [3.8, 4) is 0 Å². The van der Waals surface area contributed by atoms with E-state index < -0.39 is 0 Å². The average Bonchev–Trinajstić information content (AvgIpc) is 2.54. The van der Waals surface area contributed by atoms with Crippen molar-refractivity contribution in [2.75, 3.05) is 7.05 Å². The van der Waals surface area contributed by atoms with E-state index in [2.05, 4.69) is 25.8 Å². The monoisotopic (exact) mass is 213 g/mol. The molecule has 0 aromatic heterocycles. The Kier molecular flexibility index (Phi) is 9.18. The number of hydrogen-bond donors (Lipinski definition) is 0. The van der Waals surface area contributed by atoms with Gasteiger partial charge in [0.25, 0.3) is 0 Å². The van der Waals surface area contributed by atoms with Gasteiger partial charge in [0.2, 0.25) is 0 Å². The minimum absolute atomic E-state index is 0.962. The fourth-order valence-corrected chi connectivity index (χ4v) is 2.38. The van der Waals surface area contributed by atoms with Crippen molar-refractivity contribution in [3.05, 3.63) is 0 Å². The highest BCUT2D eigenvalue weighted by molar-refractivity contribution is 4.89. The van der Waals surface area contributed by atoms with Crippen molar-refractivity contribution in [3.63, 3.8) is 0 Å². The molecule has 1 nitrogen and oxygen atoms in total. The largest absolute Gasteiger partial charge is 0.300 e. The van der Waals surface area contributed by atoms with Gasteiger partial charge in [-0.05, 0) is 32.7 Å². The lowest BCUT2D eigenvalue weighted by molar-refractivity contribution is 0.179. The van der Waals surface area contributed by atoms with Gasteiger partial charge in [0.1, 0.15) is 0 Å². The number of nitrogens with zero attached hydrogens (tertiary/aromatic N) is 1. The van der Waals surface area contributed by atoms with Crippen LogP contribution in [0.5, 0.6) is 0 Å². The molecule has 0 radical (unpaired) electrons. The maximum absolute atomic E-state index is 2.59. The highest BCUT2D eigenvalue weighted by Gasteiger charge is 2.33. The summed E-state index contributed by atoms with van der Waals surface area (Å²) in [5, 5.41) is 0. The predicted octanol–water partition coefficient (Wildman–Crippen LogP) is 4.47. The molecule has 15 heavy (non-hydrogen) atoms. The zero-order valence-electron chi connectivity index (χ0n) is 11.6. The van der Waals surface area contributed by atoms with Crippen LogP contribution in [0.25, 0.3) is 0 Å². The van der Waals surface area contributed by atoms with Crippen LogP contribution in [-0.2, 0) is 0 Å². The van der Waals surface area contributed by atoms with Gasteiger partial charge in [0.05, 0.1) is 0 Å². The van der Waals surface area contributed by atoms with E-state index in [0.717, 1.165) is 12.1 Å². The lowest BCUT2D eigenvalue weighted by Crippen LogP contribution is -2.35. The fourth-order valence-electron chi connectivity index (χ4n) is 2.38. The molecular weight excluding hydrogens is 182 g/mol. The van der Waals surface area contributed by atoms with Gasteiger partial charge in [-0.3, -0.25) is 0 Å². The van der Waals surface area contributed by atoms with Gasteiger partial charge >= 0.3 is 0 Å². The molecule has 0 amide bonds. The SMILES string of the molecule is CC.CCCC.CN1C2CCCC1CC2. The van der Waals surface area contributed by atoms with Gasteiger partial charge in [0, 0.05) is 12.1 Å². The molecule has 2 fully saturated rings. The molecule has 0 aromatic carbocycles. The summed E-state index contributed by atoms with van der Waals surface area (Å²) in [4.78, 5) is 2.59. The zero-order chi connectivity index (χ0) is 11.7.